The molecule has 0 N–H and O–H groups in total. The molecule has 6 heteroatoms. The van der Waals surface area contributed by atoms with Crippen LogP contribution in [-0.4, -0.2) is 17.1 Å². The van der Waals surface area contributed by atoms with E-state index in [1.54, 1.807) is 19.1 Å². The van der Waals surface area contributed by atoms with Gasteiger partial charge in [0.25, 0.3) is 5.56 Å². The molecule has 1 heterocycles. The lowest BCUT2D eigenvalue weighted by molar-refractivity contribution is -0.147. The fourth-order valence-electron chi connectivity index (χ4n) is 2.36. The minimum absolute atomic E-state index is 0.247. The Morgan fingerprint density at radius 3 is 2.64 bits per heavy atom. The number of allylic oxidation sites excluding steroid dienone is 1. The average molecular weight is 406 g/mol. The first-order valence-corrected chi connectivity index (χ1v) is 8.72. The zero-order valence-corrected chi connectivity index (χ0v) is 15.6. The van der Waals surface area contributed by atoms with Crippen LogP contribution >= 0.6 is 15.9 Å². The summed E-state index contributed by atoms with van der Waals surface area (Å²) in [5.41, 5.74) is 0.649. The molecule has 132 valence electrons. The fourth-order valence-corrected chi connectivity index (χ4v) is 3.00. The summed E-state index contributed by atoms with van der Waals surface area (Å²) in [7, 11) is 0. The SMILES string of the molecule is C=CCC(C(=O)OCC)n1c(Br)cc(OCc2ccccc2)cc1=O. The van der Waals surface area contributed by atoms with Gasteiger partial charge in [0.15, 0.2) is 0 Å². The molecule has 1 atom stereocenters. The zero-order chi connectivity index (χ0) is 18.2. The second-order valence-corrected chi connectivity index (χ2v) is 6.10. The molecule has 0 fully saturated rings. The standard InChI is InChI=1S/C19H20BrNO4/c1-3-8-16(19(23)24-4-2)21-17(20)11-15(12-18(21)22)25-13-14-9-6-5-7-10-14/h3,5-7,9-12,16H,1,4,8,13H2,2H3. The predicted molar refractivity (Wildman–Crippen MR) is 99.7 cm³/mol. The van der Waals surface area contributed by atoms with Crippen LogP contribution in [0.4, 0.5) is 0 Å². The Kier molecular flexibility index (Phi) is 7.01. The second kappa shape index (κ2) is 9.22. The van der Waals surface area contributed by atoms with Gasteiger partial charge in [-0.1, -0.05) is 36.4 Å². The summed E-state index contributed by atoms with van der Waals surface area (Å²) >= 11 is 3.36. The molecule has 1 aromatic carbocycles. The molecule has 2 rings (SSSR count). The lowest BCUT2D eigenvalue weighted by Gasteiger charge is -2.19. The molecule has 0 spiro atoms. The van der Waals surface area contributed by atoms with Crippen LogP contribution in [0.1, 0.15) is 24.9 Å². The third kappa shape index (κ3) is 5.06. The lowest BCUT2D eigenvalue weighted by Crippen LogP contribution is -2.31. The molecular weight excluding hydrogens is 386 g/mol. The number of halogens is 1. The van der Waals surface area contributed by atoms with Gasteiger partial charge in [-0.2, -0.15) is 0 Å². The van der Waals surface area contributed by atoms with E-state index < -0.39 is 12.0 Å². The summed E-state index contributed by atoms with van der Waals surface area (Å²) in [6.07, 6.45) is 1.88. The number of pyridine rings is 1. The van der Waals surface area contributed by atoms with Crippen LogP contribution in [0, 0.1) is 0 Å². The molecule has 0 bridgehead atoms. The third-order valence-electron chi connectivity index (χ3n) is 3.50. The predicted octanol–water partition coefficient (Wildman–Crippen LogP) is 3.87. The number of ether oxygens (including phenoxy) is 2. The topological polar surface area (TPSA) is 57.5 Å². The van der Waals surface area contributed by atoms with Gasteiger partial charge < -0.3 is 9.47 Å². The number of rotatable bonds is 8. The molecule has 0 aliphatic carbocycles. The summed E-state index contributed by atoms with van der Waals surface area (Å²) in [5.74, 6) is -0.0404. The largest absolute Gasteiger partial charge is 0.489 e. The van der Waals surface area contributed by atoms with E-state index in [1.807, 2.05) is 30.3 Å². The van der Waals surface area contributed by atoms with Crippen molar-refractivity contribution in [2.24, 2.45) is 0 Å². The number of hydrogen-bond donors (Lipinski definition) is 0. The first kappa shape index (κ1) is 19.0. The molecule has 2 aromatic rings. The van der Waals surface area contributed by atoms with Gasteiger partial charge in [-0.25, -0.2) is 4.79 Å². The molecule has 1 aromatic heterocycles. The second-order valence-electron chi connectivity index (χ2n) is 5.29. The van der Waals surface area contributed by atoms with Gasteiger partial charge in [0, 0.05) is 12.1 Å². The van der Waals surface area contributed by atoms with Gasteiger partial charge in [-0.3, -0.25) is 9.36 Å². The smallest absolute Gasteiger partial charge is 0.329 e. The minimum atomic E-state index is -0.762. The fraction of sp³-hybridized carbons (Fsp3) is 0.263. The summed E-state index contributed by atoms with van der Waals surface area (Å²) < 4.78 is 12.5. The summed E-state index contributed by atoms with van der Waals surface area (Å²) in [5, 5.41) is 0. The van der Waals surface area contributed by atoms with Crippen molar-refractivity contribution in [3.8, 4) is 5.75 Å². The van der Waals surface area contributed by atoms with Crippen molar-refractivity contribution < 1.29 is 14.3 Å². The highest BCUT2D eigenvalue weighted by atomic mass is 79.9. The van der Waals surface area contributed by atoms with Crippen LogP contribution < -0.4 is 10.3 Å². The van der Waals surface area contributed by atoms with Gasteiger partial charge >= 0.3 is 5.97 Å². The zero-order valence-electron chi connectivity index (χ0n) is 14.0. The van der Waals surface area contributed by atoms with Crippen molar-refractivity contribution in [3.05, 3.63) is 75.6 Å². The van der Waals surface area contributed by atoms with E-state index >= 15 is 0 Å². The van der Waals surface area contributed by atoms with E-state index in [9.17, 15) is 9.59 Å². The molecule has 0 saturated heterocycles. The van der Waals surface area contributed by atoms with Gasteiger partial charge in [0.2, 0.25) is 0 Å². The molecule has 0 saturated carbocycles. The number of carbonyl (C=O) groups is 1. The number of aromatic nitrogens is 1. The average Bonchev–Trinajstić information content (AvgIpc) is 2.60. The number of nitrogens with zero attached hydrogens (tertiary/aromatic N) is 1. The van der Waals surface area contributed by atoms with Crippen LogP contribution in [0.3, 0.4) is 0 Å². The first-order chi connectivity index (χ1) is 12.1. The van der Waals surface area contributed by atoms with E-state index in [0.717, 1.165) is 5.56 Å². The number of benzene rings is 1. The maximum absolute atomic E-state index is 12.5. The molecule has 0 aliphatic rings. The highest BCUT2D eigenvalue weighted by Gasteiger charge is 2.24. The maximum Gasteiger partial charge on any atom is 0.329 e. The number of esters is 1. The number of carbonyl (C=O) groups excluding carboxylic acids is 1. The van der Waals surface area contributed by atoms with E-state index in [-0.39, 0.29) is 12.2 Å². The van der Waals surface area contributed by atoms with E-state index in [4.69, 9.17) is 9.47 Å². The highest BCUT2D eigenvalue weighted by molar-refractivity contribution is 9.10. The van der Waals surface area contributed by atoms with Crippen molar-refractivity contribution in [2.45, 2.75) is 26.0 Å². The summed E-state index contributed by atoms with van der Waals surface area (Å²) in [6.45, 7) is 5.97. The Labute approximate surface area is 155 Å². The van der Waals surface area contributed by atoms with Crippen molar-refractivity contribution in [3.63, 3.8) is 0 Å². The normalized spacial score (nSPS) is 11.6. The molecule has 25 heavy (non-hydrogen) atoms. The van der Waals surface area contributed by atoms with Gasteiger partial charge in [0.1, 0.15) is 18.4 Å². The quantitative estimate of drug-likeness (QED) is 0.380. The summed E-state index contributed by atoms with van der Waals surface area (Å²) in [4.78, 5) is 24.7. The van der Waals surface area contributed by atoms with Gasteiger partial charge in [-0.05, 0) is 34.8 Å². The molecule has 5 nitrogen and oxygen atoms in total. The van der Waals surface area contributed by atoms with E-state index in [0.29, 0.717) is 23.4 Å². The Morgan fingerprint density at radius 2 is 2.04 bits per heavy atom. The van der Waals surface area contributed by atoms with Crippen LogP contribution in [0.25, 0.3) is 0 Å². The third-order valence-corrected chi connectivity index (χ3v) is 4.11. The lowest BCUT2D eigenvalue weighted by atomic mass is 10.2. The molecular formula is C19H20BrNO4. The number of hydrogen-bond acceptors (Lipinski definition) is 4. The highest BCUT2D eigenvalue weighted by Crippen LogP contribution is 2.23. The van der Waals surface area contributed by atoms with Crippen LogP contribution in [0.15, 0.2) is 64.5 Å². The van der Waals surface area contributed by atoms with Crippen molar-refractivity contribution in [2.75, 3.05) is 6.61 Å². The monoisotopic (exact) mass is 405 g/mol. The van der Waals surface area contributed by atoms with Crippen LogP contribution in [-0.2, 0) is 16.1 Å². The Morgan fingerprint density at radius 1 is 1.32 bits per heavy atom. The van der Waals surface area contributed by atoms with Crippen molar-refractivity contribution >= 4 is 21.9 Å². The van der Waals surface area contributed by atoms with Gasteiger partial charge in [-0.15, -0.1) is 6.58 Å². The van der Waals surface area contributed by atoms with Gasteiger partial charge in [0.05, 0.1) is 11.2 Å². The Hall–Kier alpha value is -2.34. The van der Waals surface area contributed by atoms with Crippen LogP contribution in [0.2, 0.25) is 0 Å². The first-order valence-electron chi connectivity index (χ1n) is 7.93. The summed E-state index contributed by atoms with van der Waals surface area (Å²) in [6, 6.07) is 11.9. The maximum atomic E-state index is 12.5. The minimum Gasteiger partial charge on any atom is -0.489 e. The van der Waals surface area contributed by atoms with Crippen molar-refractivity contribution in [1.29, 1.82) is 0 Å². The Balaban J connectivity index is 2.24. The molecule has 1 unspecified atom stereocenters. The van der Waals surface area contributed by atoms with E-state index in [2.05, 4.69) is 22.5 Å². The van der Waals surface area contributed by atoms with Crippen LogP contribution in [0.5, 0.6) is 5.75 Å². The van der Waals surface area contributed by atoms with E-state index in [1.165, 1.54) is 10.6 Å². The van der Waals surface area contributed by atoms with Crippen molar-refractivity contribution in [1.82, 2.24) is 4.57 Å². The molecule has 0 radical (unpaired) electrons. The Bertz CT molecular complexity index is 786. The molecule has 0 aliphatic heterocycles. The molecule has 0 amide bonds.